The largest absolute Gasteiger partial charge is 0.496 e. The molecule has 2 aliphatic rings. The summed E-state index contributed by atoms with van der Waals surface area (Å²) >= 11 is 0. The molecule has 2 aliphatic heterocycles. The molecule has 150 valence electrons. The van der Waals surface area contributed by atoms with Crippen LogP contribution < -0.4 is 4.74 Å². The molecule has 0 radical (unpaired) electrons. The zero-order chi connectivity index (χ0) is 20.4. The lowest BCUT2D eigenvalue weighted by Gasteiger charge is -2.32. The second-order valence-corrected chi connectivity index (χ2v) is 7.77. The van der Waals surface area contributed by atoms with Gasteiger partial charge in [-0.15, -0.1) is 0 Å². The summed E-state index contributed by atoms with van der Waals surface area (Å²) in [6.07, 6.45) is 2.05. The molecule has 0 bridgehead atoms. The number of nitrogens with zero attached hydrogens (tertiary/aromatic N) is 2. The lowest BCUT2D eigenvalue weighted by Crippen LogP contribution is -2.38. The molecule has 1 saturated heterocycles. The summed E-state index contributed by atoms with van der Waals surface area (Å²) in [5.74, 6) is 0.869. The predicted octanol–water partition coefficient (Wildman–Crippen LogP) is 3.71. The van der Waals surface area contributed by atoms with Gasteiger partial charge in [0, 0.05) is 18.7 Å². The molecule has 0 aromatic heterocycles. The summed E-state index contributed by atoms with van der Waals surface area (Å²) in [6, 6.07) is 17.0. The Hall–Kier alpha value is -3.08. The fourth-order valence-electron chi connectivity index (χ4n) is 4.10. The summed E-state index contributed by atoms with van der Waals surface area (Å²) in [5.41, 5.74) is 2.67. The third-order valence-corrected chi connectivity index (χ3v) is 5.83. The number of likely N-dealkylation sites (tertiary alicyclic amines) is 1. The highest BCUT2D eigenvalue weighted by Crippen LogP contribution is 2.35. The van der Waals surface area contributed by atoms with Gasteiger partial charge in [-0.1, -0.05) is 55.5 Å². The molecule has 2 aromatic rings. The van der Waals surface area contributed by atoms with E-state index in [9.17, 15) is 9.59 Å². The Morgan fingerprint density at radius 1 is 0.931 bits per heavy atom. The van der Waals surface area contributed by atoms with Crippen LogP contribution in [0.4, 0.5) is 0 Å². The molecule has 0 N–H and O–H groups in total. The molecular formula is C24H26N2O3. The van der Waals surface area contributed by atoms with E-state index >= 15 is 0 Å². The summed E-state index contributed by atoms with van der Waals surface area (Å²) in [4.78, 5) is 30.3. The minimum Gasteiger partial charge on any atom is -0.496 e. The first kappa shape index (κ1) is 19.2. The van der Waals surface area contributed by atoms with Crippen LogP contribution in [0.25, 0.3) is 5.57 Å². The van der Waals surface area contributed by atoms with Crippen molar-refractivity contribution in [3.05, 3.63) is 71.4 Å². The zero-order valence-electron chi connectivity index (χ0n) is 16.9. The van der Waals surface area contributed by atoms with Crippen molar-refractivity contribution in [3.63, 3.8) is 0 Å². The molecule has 0 saturated carbocycles. The molecule has 2 aromatic carbocycles. The van der Waals surface area contributed by atoms with Crippen molar-refractivity contribution in [2.45, 2.75) is 26.3 Å². The molecule has 0 atom stereocenters. The van der Waals surface area contributed by atoms with Crippen LogP contribution in [0.5, 0.6) is 5.75 Å². The highest BCUT2D eigenvalue weighted by atomic mass is 16.5. The Bertz CT molecular complexity index is 944. The van der Waals surface area contributed by atoms with Gasteiger partial charge in [0.15, 0.2) is 0 Å². The number of rotatable bonds is 5. The maximum atomic E-state index is 13.4. The average molecular weight is 390 g/mol. The van der Waals surface area contributed by atoms with Gasteiger partial charge in [-0.2, -0.15) is 0 Å². The van der Waals surface area contributed by atoms with Gasteiger partial charge in [0.25, 0.3) is 11.8 Å². The number of amides is 2. The van der Waals surface area contributed by atoms with E-state index in [1.807, 2.05) is 54.6 Å². The summed E-state index contributed by atoms with van der Waals surface area (Å²) in [6.45, 7) is 4.04. The van der Waals surface area contributed by atoms with Crippen LogP contribution in [0.2, 0.25) is 0 Å². The number of carbonyl (C=O) groups excluding carboxylic acids is 2. The zero-order valence-corrected chi connectivity index (χ0v) is 16.9. The van der Waals surface area contributed by atoms with Gasteiger partial charge < -0.3 is 9.64 Å². The van der Waals surface area contributed by atoms with Crippen molar-refractivity contribution in [1.82, 2.24) is 9.80 Å². The van der Waals surface area contributed by atoms with Gasteiger partial charge in [0.2, 0.25) is 0 Å². The van der Waals surface area contributed by atoms with Crippen LogP contribution in [0.15, 0.2) is 60.3 Å². The number of methoxy groups -OCH3 is 1. The highest BCUT2D eigenvalue weighted by Gasteiger charge is 2.42. The van der Waals surface area contributed by atoms with Crippen LogP contribution in [-0.4, -0.2) is 41.8 Å². The quantitative estimate of drug-likeness (QED) is 0.731. The van der Waals surface area contributed by atoms with Crippen LogP contribution >= 0.6 is 0 Å². The monoisotopic (exact) mass is 390 g/mol. The van der Waals surface area contributed by atoms with Crippen molar-refractivity contribution >= 4 is 17.4 Å². The van der Waals surface area contributed by atoms with Crippen molar-refractivity contribution in [2.24, 2.45) is 5.92 Å². The van der Waals surface area contributed by atoms with Crippen molar-refractivity contribution in [3.8, 4) is 5.75 Å². The summed E-state index contributed by atoms with van der Waals surface area (Å²) < 4.78 is 5.42. The summed E-state index contributed by atoms with van der Waals surface area (Å²) in [5, 5.41) is 0. The lowest BCUT2D eigenvalue weighted by atomic mass is 9.97. The Kier molecular flexibility index (Phi) is 5.38. The first-order valence-electron chi connectivity index (χ1n) is 10.1. The third kappa shape index (κ3) is 3.65. The maximum absolute atomic E-state index is 13.4. The Morgan fingerprint density at radius 2 is 1.59 bits per heavy atom. The van der Waals surface area contributed by atoms with Gasteiger partial charge in [-0.3, -0.25) is 14.5 Å². The number of benzene rings is 2. The highest BCUT2D eigenvalue weighted by molar-refractivity contribution is 6.35. The van der Waals surface area contributed by atoms with Gasteiger partial charge in [-0.05, 0) is 30.4 Å². The van der Waals surface area contributed by atoms with Crippen molar-refractivity contribution in [2.75, 3.05) is 20.2 Å². The van der Waals surface area contributed by atoms with Gasteiger partial charge in [0.05, 0.1) is 19.2 Å². The smallest absolute Gasteiger partial charge is 0.278 e. The Morgan fingerprint density at radius 3 is 2.28 bits per heavy atom. The molecule has 0 spiro atoms. The van der Waals surface area contributed by atoms with Crippen LogP contribution in [0, 0.1) is 5.92 Å². The van der Waals surface area contributed by atoms with E-state index in [1.54, 1.807) is 7.11 Å². The van der Waals surface area contributed by atoms with E-state index in [1.165, 1.54) is 4.90 Å². The first-order chi connectivity index (χ1) is 14.1. The molecule has 0 aliphatic carbocycles. The van der Waals surface area contributed by atoms with E-state index in [0.29, 0.717) is 22.9 Å². The van der Waals surface area contributed by atoms with Crippen molar-refractivity contribution < 1.29 is 14.3 Å². The lowest BCUT2D eigenvalue weighted by molar-refractivity contribution is -0.138. The number of para-hydroxylation sites is 1. The van der Waals surface area contributed by atoms with Crippen LogP contribution in [-0.2, 0) is 16.1 Å². The first-order valence-corrected chi connectivity index (χ1v) is 10.1. The van der Waals surface area contributed by atoms with Crippen LogP contribution in [0.1, 0.15) is 30.9 Å². The Balaban J connectivity index is 1.72. The van der Waals surface area contributed by atoms with E-state index in [-0.39, 0.29) is 18.4 Å². The SMILES string of the molecule is COc1ccccc1CN1C(=O)C(c2ccccc2)=C(N2CCC(C)CC2)C1=O. The van der Waals surface area contributed by atoms with E-state index < -0.39 is 0 Å². The number of imide groups is 1. The average Bonchev–Trinajstić information content (AvgIpc) is 3.00. The second kappa shape index (κ2) is 8.11. The number of hydrogen-bond donors (Lipinski definition) is 0. The molecule has 0 unspecified atom stereocenters. The van der Waals surface area contributed by atoms with E-state index in [2.05, 4.69) is 11.8 Å². The normalized spacial score (nSPS) is 18.0. The fraction of sp³-hybridized carbons (Fsp3) is 0.333. The molecule has 1 fully saturated rings. The topological polar surface area (TPSA) is 49.9 Å². The minimum atomic E-state index is -0.235. The molecular weight excluding hydrogens is 364 g/mol. The Labute approximate surface area is 171 Å². The van der Waals surface area contributed by atoms with Gasteiger partial charge in [0.1, 0.15) is 11.4 Å². The predicted molar refractivity (Wildman–Crippen MR) is 112 cm³/mol. The van der Waals surface area contributed by atoms with Crippen molar-refractivity contribution in [1.29, 1.82) is 0 Å². The molecule has 2 heterocycles. The van der Waals surface area contributed by atoms with Gasteiger partial charge in [-0.25, -0.2) is 0 Å². The standard InChI is InChI=1S/C24H26N2O3/c1-17-12-14-25(15-13-17)22-21(18-8-4-3-5-9-18)23(27)26(24(22)28)16-19-10-6-7-11-20(19)29-2/h3-11,17H,12-16H2,1-2H3. The number of hydrogen-bond acceptors (Lipinski definition) is 4. The van der Waals surface area contributed by atoms with E-state index in [4.69, 9.17) is 4.74 Å². The molecule has 5 nitrogen and oxygen atoms in total. The second-order valence-electron chi connectivity index (χ2n) is 7.77. The number of ether oxygens (including phenoxy) is 1. The van der Waals surface area contributed by atoms with Gasteiger partial charge >= 0.3 is 0 Å². The number of carbonyl (C=O) groups is 2. The molecule has 29 heavy (non-hydrogen) atoms. The summed E-state index contributed by atoms with van der Waals surface area (Å²) in [7, 11) is 1.60. The fourth-order valence-corrected chi connectivity index (χ4v) is 4.10. The third-order valence-electron chi connectivity index (χ3n) is 5.83. The minimum absolute atomic E-state index is 0.200. The van der Waals surface area contributed by atoms with Crippen LogP contribution in [0.3, 0.4) is 0 Å². The molecule has 4 rings (SSSR count). The van der Waals surface area contributed by atoms with E-state index in [0.717, 1.165) is 37.1 Å². The number of piperidine rings is 1. The molecule has 5 heteroatoms. The molecule has 2 amide bonds. The maximum Gasteiger partial charge on any atom is 0.278 e.